The first kappa shape index (κ1) is 8.24. The van der Waals surface area contributed by atoms with Gasteiger partial charge in [-0.05, 0) is 32.1 Å². The standard InChI is InChI=1S/C10H14NS/c1-8-7-12-9(11-8)6-10(2)4-3-5-10/h7H,2-6H2,1H3. The predicted molar refractivity (Wildman–Crippen MR) is 52.2 cm³/mol. The number of nitrogens with zero attached hydrogens (tertiary/aromatic N) is 1. The highest BCUT2D eigenvalue weighted by Crippen LogP contribution is 2.42. The summed E-state index contributed by atoms with van der Waals surface area (Å²) in [6.45, 7) is 6.30. The van der Waals surface area contributed by atoms with Crippen molar-refractivity contribution >= 4 is 11.3 Å². The Labute approximate surface area is 77.8 Å². The van der Waals surface area contributed by atoms with Crippen molar-refractivity contribution in [1.29, 1.82) is 0 Å². The van der Waals surface area contributed by atoms with Gasteiger partial charge < -0.3 is 0 Å². The molecule has 0 aromatic carbocycles. The highest BCUT2D eigenvalue weighted by atomic mass is 32.1. The number of thiazole rings is 1. The lowest BCUT2D eigenvalue weighted by Gasteiger charge is -2.37. The van der Waals surface area contributed by atoms with E-state index in [-0.39, 0.29) is 0 Å². The summed E-state index contributed by atoms with van der Waals surface area (Å²) < 4.78 is 0. The Morgan fingerprint density at radius 2 is 2.42 bits per heavy atom. The Morgan fingerprint density at radius 1 is 1.67 bits per heavy atom. The number of aromatic nitrogens is 1. The van der Waals surface area contributed by atoms with Gasteiger partial charge in [-0.1, -0.05) is 6.42 Å². The van der Waals surface area contributed by atoms with Crippen molar-refractivity contribution in [3.05, 3.63) is 23.0 Å². The quantitative estimate of drug-likeness (QED) is 0.681. The van der Waals surface area contributed by atoms with Crippen LogP contribution in [-0.4, -0.2) is 4.98 Å². The second kappa shape index (κ2) is 2.84. The molecular weight excluding hydrogens is 166 g/mol. The maximum atomic E-state index is 4.46. The van der Waals surface area contributed by atoms with E-state index in [1.807, 2.05) is 0 Å². The zero-order valence-corrected chi connectivity index (χ0v) is 8.28. The highest BCUT2D eigenvalue weighted by molar-refractivity contribution is 7.09. The first-order valence-corrected chi connectivity index (χ1v) is 5.32. The molecule has 1 radical (unpaired) electrons. The van der Waals surface area contributed by atoms with Crippen molar-refractivity contribution in [2.45, 2.75) is 32.6 Å². The van der Waals surface area contributed by atoms with Crippen LogP contribution >= 0.6 is 11.3 Å². The average Bonchev–Trinajstić information content (AvgIpc) is 2.32. The van der Waals surface area contributed by atoms with Gasteiger partial charge >= 0.3 is 0 Å². The summed E-state index contributed by atoms with van der Waals surface area (Å²) in [5, 5.41) is 3.39. The van der Waals surface area contributed by atoms with Crippen molar-refractivity contribution in [2.24, 2.45) is 5.41 Å². The van der Waals surface area contributed by atoms with Gasteiger partial charge in [0.2, 0.25) is 0 Å². The molecule has 1 aliphatic carbocycles. The van der Waals surface area contributed by atoms with E-state index in [1.54, 1.807) is 11.3 Å². The van der Waals surface area contributed by atoms with E-state index >= 15 is 0 Å². The molecule has 0 unspecified atom stereocenters. The highest BCUT2D eigenvalue weighted by Gasteiger charge is 2.32. The average molecular weight is 180 g/mol. The van der Waals surface area contributed by atoms with Crippen molar-refractivity contribution in [2.75, 3.05) is 0 Å². The summed E-state index contributed by atoms with van der Waals surface area (Å²) in [6, 6.07) is 0. The summed E-state index contributed by atoms with van der Waals surface area (Å²) >= 11 is 1.77. The molecule has 1 fully saturated rings. The normalized spacial score (nSPS) is 20.5. The molecule has 0 spiro atoms. The zero-order chi connectivity index (χ0) is 8.60. The molecule has 0 saturated heterocycles. The van der Waals surface area contributed by atoms with Gasteiger partial charge in [0.25, 0.3) is 0 Å². The van der Waals surface area contributed by atoms with Crippen LogP contribution in [0.3, 0.4) is 0 Å². The van der Waals surface area contributed by atoms with E-state index in [4.69, 9.17) is 0 Å². The van der Waals surface area contributed by atoms with Gasteiger partial charge in [-0.2, -0.15) is 0 Å². The molecule has 2 rings (SSSR count). The maximum Gasteiger partial charge on any atom is 0.0933 e. The first-order chi connectivity index (χ1) is 5.68. The van der Waals surface area contributed by atoms with E-state index in [1.165, 1.54) is 24.3 Å². The van der Waals surface area contributed by atoms with Gasteiger partial charge in [-0.25, -0.2) is 4.98 Å². The summed E-state index contributed by atoms with van der Waals surface area (Å²) in [4.78, 5) is 4.46. The Bertz CT molecular complexity index is 273. The van der Waals surface area contributed by atoms with Crippen LogP contribution in [0.1, 0.15) is 30.0 Å². The van der Waals surface area contributed by atoms with Crippen LogP contribution in [0.5, 0.6) is 0 Å². The van der Waals surface area contributed by atoms with E-state index in [2.05, 4.69) is 24.2 Å². The molecule has 0 aliphatic heterocycles. The fourth-order valence-electron chi connectivity index (χ4n) is 1.66. The van der Waals surface area contributed by atoms with Crippen LogP contribution in [0.15, 0.2) is 5.38 Å². The smallest absolute Gasteiger partial charge is 0.0933 e. The lowest BCUT2D eigenvalue weighted by atomic mass is 9.68. The van der Waals surface area contributed by atoms with Gasteiger partial charge in [-0.3, -0.25) is 0 Å². The molecule has 1 nitrogen and oxygen atoms in total. The molecule has 1 aliphatic rings. The van der Waals surface area contributed by atoms with Crippen molar-refractivity contribution < 1.29 is 0 Å². The summed E-state index contributed by atoms with van der Waals surface area (Å²) in [5.74, 6) is 0. The SMILES string of the molecule is [CH2]C1(Cc2nc(C)cs2)CCC1. The molecule has 1 aromatic rings. The second-order valence-corrected chi connectivity index (χ2v) is 4.86. The van der Waals surface area contributed by atoms with Crippen molar-refractivity contribution in [3.63, 3.8) is 0 Å². The third-order valence-corrected chi connectivity index (χ3v) is 3.57. The zero-order valence-electron chi connectivity index (χ0n) is 7.47. The molecule has 0 N–H and O–H groups in total. The molecule has 1 saturated carbocycles. The molecule has 12 heavy (non-hydrogen) atoms. The van der Waals surface area contributed by atoms with Crippen LogP contribution in [0.2, 0.25) is 0 Å². The molecule has 2 heteroatoms. The number of hydrogen-bond donors (Lipinski definition) is 0. The van der Waals surface area contributed by atoms with Crippen molar-refractivity contribution in [1.82, 2.24) is 4.98 Å². The molecular formula is C10H14NS. The molecule has 1 heterocycles. The summed E-state index contributed by atoms with van der Waals surface area (Å²) in [5.41, 5.74) is 1.49. The minimum Gasteiger partial charge on any atom is -0.247 e. The fraction of sp³-hybridized carbons (Fsp3) is 0.600. The fourth-order valence-corrected chi connectivity index (χ4v) is 2.60. The third kappa shape index (κ3) is 1.53. The minimum atomic E-state index is 0.338. The van der Waals surface area contributed by atoms with Crippen LogP contribution in [-0.2, 0) is 6.42 Å². The van der Waals surface area contributed by atoms with Crippen LogP contribution < -0.4 is 0 Å². The van der Waals surface area contributed by atoms with Gasteiger partial charge in [-0.15, -0.1) is 11.3 Å². The van der Waals surface area contributed by atoms with Gasteiger partial charge in [0.05, 0.1) is 5.01 Å². The first-order valence-electron chi connectivity index (χ1n) is 4.44. The van der Waals surface area contributed by atoms with Gasteiger partial charge in [0.15, 0.2) is 0 Å². The van der Waals surface area contributed by atoms with E-state index < -0.39 is 0 Å². The van der Waals surface area contributed by atoms with E-state index in [0.29, 0.717) is 5.41 Å². The van der Waals surface area contributed by atoms with E-state index in [0.717, 1.165) is 12.1 Å². The summed E-state index contributed by atoms with van der Waals surface area (Å²) in [6.07, 6.45) is 5.01. The largest absolute Gasteiger partial charge is 0.247 e. The van der Waals surface area contributed by atoms with Crippen LogP contribution in [0, 0.1) is 19.3 Å². The molecule has 0 atom stereocenters. The molecule has 1 aromatic heterocycles. The number of rotatable bonds is 2. The number of hydrogen-bond acceptors (Lipinski definition) is 2. The topological polar surface area (TPSA) is 12.9 Å². The maximum absolute atomic E-state index is 4.46. The monoisotopic (exact) mass is 180 g/mol. The Balaban J connectivity index is 2.03. The van der Waals surface area contributed by atoms with Gasteiger partial charge in [0, 0.05) is 17.5 Å². The molecule has 0 bridgehead atoms. The Morgan fingerprint density at radius 3 is 2.83 bits per heavy atom. The van der Waals surface area contributed by atoms with Crippen LogP contribution in [0.4, 0.5) is 0 Å². The lowest BCUT2D eigenvalue weighted by Crippen LogP contribution is -2.28. The lowest BCUT2D eigenvalue weighted by molar-refractivity contribution is 0.199. The molecule has 65 valence electrons. The molecule has 0 amide bonds. The van der Waals surface area contributed by atoms with Gasteiger partial charge in [0.1, 0.15) is 0 Å². The van der Waals surface area contributed by atoms with E-state index in [9.17, 15) is 0 Å². The Kier molecular flexibility index (Phi) is 1.95. The van der Waals surface area contributed by atoms with Crippen LogP contribution in [0.25, 0.3) is 0 Å². The number of aryl methyl sites for hydroxylation is 1. The third-order valence-electron chi connectivity index (χ3n) is 2.61. The predicted octanol–water partition coefficient (Wildman–Crippen LogP) is 3.00. The van der Waals surface area contributed by atoms with Crippen molar-refractivity contribution in [3.8, 4) is 0 Å². The second-order valence-electron chi connectivity index (χ2n) is 3.91. The Hall–Kier alpha value is -0.370. The minimum absolute atomic E-state index is 0.338. The summed E-state index contributed by atoms with van der Waals surface area (Å²) in [7, 11) is 0.